The number of hydrogen-bond donors (Lipinski definition) is 0. The second-order valence-electron chi connectivity index (χ2n) is 17.5. The molecule has 0 radical (unpaired) electrons. The minimum absolute atomic E-state index is 0.373. The van der Waals surface area contributed by atoms with E-state index in [-0.39, 0.29) is 0 Å². The third kappa shape index (κ3) is 8.12. The summed E-state index contributed by atoms with van der Waals surface area (Å²) >= 11 is 0. The molecule has 0 aliphatic heterocycles. The van der Waals surface area contributed by atoms with Crippen molar-refractivity contribution in [3.05, 3.63) is 247 Å². The summed E-state index contributed by atoms with van der Waals surface area (Å²) in [7, 11) is 0. The highest BCUT2D eigenvalue weighted by Crippen LogP contribution is 2.45. The van der Waals surface area contributed by atoms with E-state index in [0.29, 0.717) is 67.9 Å². The predicted octanol–water partition coefficient (Wildman–Crippen LogP) is 15.3. The van der Waals surface area contributed by atoms with Crippen molar-refractivity contribution in [1.82, 2.24) is 24.5 Å². The Balaban J connectivity index is 1.27. The molecule has 73 heavy (non-hydrogen) atoms. The molecule has 8 nitrogen and oxygen atoms in total. The number of benzene rings is 9. The molecule has 0 N–H and O–H groups in total. The van der Waals surface area contributed by atoms with Crippen molar-refractivity contribution in [3.63, 3.8) is 0 Å². The standard InChI is InChI=1S/C65H38N8/c66-39-42-33-55(60-38-59(45-21-9-3-10-22-45)69-64(72-60)46-23-11-4-12-24-46)63(56(34-42)65-70-57(43-17-5-1-6-18-43)37-58(71-65)44-19-7-2-8-20-44)73-61-35-47(51-27-15-13-25-49(51)40-67)29-31-53(61)54-32-30-48(36-62(54)73)52-28-16-14-26-50(52)41-68/h1-38H. The summed E-state index contributed by atoms with van der Waals surface area (Å²) < 4.78 is 2.22. The van der Waals surface area contributed by atoms with Crippen LogP contribution in [0.2, 0.25) is 0 Å². The lowest BCUT2D eigenvalue weighted by atomic mass is 9.96. The molecule has 0 saturated carbocycles. The maximum absolute atomic E-state index is 11.1. The second kappa shape index (κ2) is 18.7. The SMILES string of the molecule is N#Cc1cc(-c2cc(-c3ccccc3)nc(-c3ccccc3)n2)c(-n2c3cc(-c4ccccc4C#N)ccc3c3ccc(-c4ccccc4C#N)cc32)c(-c2nc(-c3ccccc3)cc(-c3ccccc3)n2)c1. The predicted molar refractivity (Wildman–Crippen MR) is 290 cm³/mol. The van der Waals surface area contributed by atoms with Crippen LogP contribution in [0.5, 0.6) is 0 Å². The first-order chi connectivity index (χ1) is 36.0. The fourth-order valence-electron chi connectivity index (χ4n) is 9.70. The van der Waals surface area contributed by atoms with Gasteiger partial charge in [0.15, 0.2) is 11.6 Å². The van der Waals surface area contributed by atoms with Gasteiger partial charge in [-0.1, -0.05) is 182 Å². The van der Waals surface area contributed by atoms with E-state index in [0.717, 1.165) is 66.3 Å². The number of fused-ring (bicyclic) bond motifs is 3. The van der Waals surface area contributed by atoms with Gasteiger partial charge < -0.3 is 4.57 Å². The Morgan fingerprint density at radius 2 is 0.699 bits per heavy atom. The van der Waals surface area contributed by atoms with Crippen molar-refractivity contribution in [2.45, 2.75) is 0 Å². The molecule has 3 aromatic heterocycles. The van der Waals surface area contributed by atoms with Crippen molar-refractivity contribution in [1.29, 1.82) is 15.8 Å². The molecule has 12 aromatic rings. The number of nitriles is 3. The monoisotopic (exact) mass is 930 g/mol. The van der Waals surface area contributed by atoms with Gasteiger partial charge in [-0.25, -0.2) is 19.9 Å². The highest BCUT2D eigenvalue weighted by atomic mass is 15.0. The Bertz CT molecular complexity index is 3840. The average molecular weight is 931 g/mol. The third-order valence-corrected chi connectivity index (χ3v) is 13.2. The molecule has 12 rings (SSSR count). The Labute approximate surface area is 421 Å². The van der Waals surface area contributed by atoms with E-state index in [9.17, 15) is 15.8 Å². The van der Waals surface area contributed by atoms with E-state index in [4.69, 9.17) is 19.9 Å². The van der Waals surface area contributed by atoms with E-state index in [1.54, 1.807) is 0 Å². The minimum Gasteiger partial charge on any atom is -0.308 e. The zero-order chi connectivity index (χ0) is 49.3. The zero-order valence-electron chi connectivity index (χ0n) is 39.0. The number of nitrogens with zero attached hydrogens (tertiary/aromatic N) is 8. The van der Waals surface area contributed by atoms with E-state index >= 15 is 0 Å². The van der Waals surface area contributed by atoms with Crippen molar-refractivity contribution in [2.75, 3.05) is 0 Å². The van der Waals surface area contributed by atoms with Crippen molar-refractivity contribution < 1.29 is 0 Å². The Hall–Kier alpha value is -10.6. The van der Waals surface area contributed by atoms with Crippen molar-refractivity contribution in [3.8, 4) is 114 Å². The normalized spacial score (nSPS) is 11.0. The fourth-order valence-corrected chi connectivity index (χ4v) is 9.70. The molecular weight excluding hydrogens is 893 g/mol. The van der Waals surface area contributed by atoms with Crippen LogP contribution in [0, 0.1) is 34.0 Å². The lowest BCUT2D eigenvalue weighted by Gasteiger charge is -2.20. The molecule has 0 fully saturated rings. The molecule has 0 amide bonds. The van der Waals surface area contributed by atoms with Crippen LogP contribution in [0.1, 0.15) is 16.7 Å². The first-order valence-corrected chi connectivity index (χ1v) is 23.7. The summed E-state index contributed by atoms with van der Waals surface area (Å²) in [5.41, 5.74) is 14.4. The Morgan fingerprint density at radius 3 is 1.16 bits per heavy atom. The quantitative estimate of drug-likeness (QED) is 0.141. The van der Waals surface area contributed by atoms with Gasteiger partial charge >= 0.3 is 0 Å². The number of hydrogen-bond acceptors (Lipinski definition) is 7. The van der Waals surface area contributed by atoms with E-state index < -0.39 is 0 Å². The van der Waals surface area contributed by atoms with Gasteiger partial charge in [0.25, 0.3) is 0 Å². The molecule has 338 valence electrons. The van der Waals surface area contributed by atoms with E-state index in [1.165, 1.54) is 0 Å². The van der Waals surface area contributed by atoms with Crippen LogP contribution in [-0.4, -0.2) is 24.5 Å². The highest BCUT2D eigenvalue weighted by molar-refractivity contribution is 6.12. The van der Waals surface area contributed by atoms with Crippen LogP contribution in [0.25, 0.3) is 118 Å². The first-order valence-electron chi connectivity index (χ1n) is 23.7. The molecule has 0 atom stereocenters. The van der Waals surface area contributed by atoms with Gasteiger partial charge in [-0.2, -0.15) is 15.8 Å². The van der Waals surface area contributed by atoms with Gasteiger partial charge in [-0.05, 0) is 70.8 Å². The van der Waals surface area contributed by atoms with Crippen LogP contribution < -0.4 is 0 Å². The summed E-state index contributed by atoms with van der Waals surface area (Å²) in [5.74, 6) is 0.898. The highest BCUT2D eigenvalue weighted by Gasteiger charge is 2.26. The molecule has 8 heteroatoms. The zero-order valence-corrected chi connectivity index (χ0v) is 39.0. The van der Waals surface area contributed by atoms with Gasteiger partial charge in [-0.15, -0.1) is 0 Å². The van der Waals surface area contributed by atoms with Gasteiger partial charge in [-0.3, -0.25) is 0 Å². The number of aromatic nitrogens is 5. The molecule has 0 bridgehead atoms. The van der Waals surface area contributed by atoms with Gasteiger partial charge in [0, 0.05) is 44.2 Å². The largest absolute Gasteiger partial charge is 0.308 e. The fraction of sp³-hybridized carbons (Fsp3) is 0. The van der Waals surface area contributed by atoms with Crippen LogP contribution in [-0.2, 0) is 0 Å². The van der Waals surface area contributed by atoms with Gasteiger partial charge in [0.2, 0.25) is 0 Å². The molecule has 0 aliphatic carbocycles. The summed E-state index contributed by atoms with van der Waals surface area (Å²) in [6.45, 7) is 0. The first kappa shape index (κ1) is 43.7. The molecule has 9 aromatic carbocycles. The Morgan fingerprint density at radius 1 is 0.301 bits per heavy atom. The maximum atomic E-state index is 11.1. The maximum Gasteiger partial charge on any atom is 0.162 e. The minimum atomic E-state index is 0.373. The van der Waals surface area contributed by atoms with Gasteiger partial charge in [0.1, 0.15) is 0 Å². The van der Waals surface area contributed by atoms with E-state index in [1.807, 2.05) is 194 Å². The third-order valence-electron chi connectivity index (χ3n) is 13.2. The summed E-state index contributed by atoms with van der Waals surface area (Å²) in [6, 6.07) is 82.8. The molecule has 0 saturated heterocycles. The van der Waals surface area contributed by atoms with Crippen LogP contribution >= 0.6 is 0 Å². The topological polar surface area (TPSA) is 128 Å². The number of rotatable bonds is 9. The summed E-state index contributed by atoms with van der Waals surface area (Å²) in [4.78, 5) is 21.4. The molecule has 0 unspecified atom stereocenters. The molecule has 3 heterocycles. The van der Waals surface area contributed by atoms with Crippen LogP contribution in [0.15, 0.2) is 231 Å². The lowest BCUT2D eigenvalue weighted by molar-refractivity contribution is 1.13. The molecular formula is C65H38N8. The van der Waals surface area contributed by atoms with E-state index in [2.05, 4.69) is 59.2 Å². The smallest absolute Gasteiger partial charge is 0.162 e. The summed E-state index contributed by atoms with van der Waals surface area (Å²) in [6.07, 6.45) is 0. The molecule has 0 spiro atoms. The summed E-state index contributed by atoms with van der Waals surface area (Å²) in [5, 5.41) is 33.8. The molecule has 0 aliphatic rings. The van der Waals surface area contributed by atoms with Gasteiger partial charge in [0.05, 0.1) is 74.4 Å². The van der Waals surface area contributed by atoms with Crippen molar-refractivity contribution >= 4 is 21.8 Å². The second-order valence-corrected chi connectivity index (χ2v) is 17.5. The Kier molecular flexibility index (Phi) is 11.2. The lowest BCUT2D eigenvalue weighted by Crippen LogP contribution is -2.06. The van der Waals surface area contributed by atoms with Crippen molar-refractivity contribution in [2.24, 2.45) is 0 Å². The average Bonchev–Trinajstić information content (AvgIpc) is 3.80. The van der Waals surface area contributed by atoms with Crippen LogP contribution in [0.4, 0.5) is 0 Å². The van der Waals surface area contributed by atoms with Crippen LogP contribution in [0.3, 0.4) is 0 Å².